The number of rotatable bonds is 8. The van der Waals surface area contributed by atoms with Crippen molar-refractivity contribution in [3.05, 3.63) is 94.0 Å². The third kappa shape index (κ3) is 5.41. The van der Waals surface area contributed by atoms with Gasteiger partial charge in [0.1, 0.15) is 4.88 Å². The molecule has 0 fully saturated rings. The average Bonchev–Trinajstić information content (AvgIpc) is 3.46. The number of esters is 2. The number of carbonyl (C=O) groups is 2. The molecule has 0 unspecified atom stereocenters. The quantitative estimate of drug-likeness (QED) is 0.258. The van der Waals surface area contributed by atoms with Gasteiger partial charge in [-0.1, -0.05) is 18.7 Å². The number of anilines is 1. The van der Waals surface area contributed by atoms with Gasteiger partial charge in [-0.3, -0.25) is 0 Å². The highest BCUT2D eigenvalue weighted by atomic mass is 32.1. The van der Waals surface area contributed by atoms with E-state index in [1.807, 2.05) is 38.1 Å². The number of allylic oxidation sites excluding steroid dienone is 1. The first-order chi connectivity index (χ1) is 16.4. The molecule has 0 saturated carbocycles. The zero-order valence-corrected chi connectivity index (χ0v) is 19.5. The van der Waals surface area contributed by atoms with Gasteiger partial charge in [-0.15, -0.1) is 11.3 Å². The van der Waals surface area contributed by atoms with E-state index in [0.717, 1.165) is 11.4 Å². The van der Waals surface area contributed by atoms with E-state index in [9.17, 15) is 9.59 Å². The van der Waals surface area contributed by atoms with Gasteiger partial charge in [-0.25, -0.2) is 14.6 Å². The van der Waals surface area contributed by atoms with Crippen LogP contribution >= 0.6 is 11.3 Å². The fourth-order valence-electron chi connectivity index (χ4n) is 3.14. The maximum absolute atomic E-state index is 12.4. The molecule has 2 aromatic carbocycles. The number of hydrogen-bond acceptors (Lipinski definition) is 8. The van der Waals surface area contributed by atoms with E-state index in [-0.39, 0.29) is 11.6 Å². The van der Waals surface area contributed by atoms with Gasteiger partial charge in [0, 0.05) is 16.9 Å². The highest BCUT2D eigenvalue weighted by molar-refractivity contribution is 7.12. The van der Waals surface area contributed by atoms with Crippen LogP contribution in [0.4, 0.5) is 5.69 Å². The molecule has 0 spiro atoms. The molecule has 0 amide bonds. The van der Waals surface area contributed by atoms with Gasteiger partial charge in [-0.2, -0.15) is 0 Å². The first-order valence-electron chi connectivity index (χ1n) is 10.5. The number of benzene rings is 2. The number of aliphatic imine (C=N–C) groups is 1. The molecule has 8 heteroatoms. The zero-order valence-electron chi connectivity index (χ0n) is 18.7. The molecule has 0 radical (unpaired) electrons. The Morgan fingerprint density at radius 3 is 2.65 bits per heavy atom. The SMILES string of the molecule is C=C(C)Nc1ccc(C2=N/C(=C/c3ccc(OC(=O)c4cccs4)c(OCC)c3)C(=O)O2)cc1. The molecule has 3 aromatic rings. The Labute approximate surface area is 201 Å². The van der Waals surface area contributed by atoms with Crippen LogP contribution in [0, 0.1) is 0 Å². The minimum Gasteiger partial charge on any atom is -0.490 e. The van der Waals surface area contributed by atoms with Crippen molar-refractivity contribution in [2.24, 2.45) is 4.99 Å². The van der Waals surface area contributed by atoms with Gasteiger partial charge in [0.15, 0.2) is 17.2 Å². The normalized spacial score (nSPS) is 13.9. The van der Waals surface area contributed by atoms with Crippen molar-refractivity contribution in [2.75, 3.05) is 11.9 Å². The molecule has 1 aliphatic rings. The van der Waals surface area contributed by atoms with Gasteiger partial charge in [0.2, 0.25) is 5.90 Å². The number of cyclic esters (lactones) is 1. The van der Waals surface area contributed by atoms with Crippen LogP contribution in [0.5, 0.6) is 11.5 Å². The minimum absolute atomic E-state index is 0.157. The molecule has 1 N–H and O–H groups in total. The van der Waals surface area contributed by atoms with Gasteiger partial charge >= 0.3 is 11.9 Å². The topological polar surface area (TPSA) is 86.2 Å². The van der Waals surface area contributed by atoms with Crippen LogP contribution in [0.15, 0.2) is 82.9 Å². The lowest BCUT2D eigenvalue weighted by Gasteiger charge is -2.11. The molecule has 2 heterocycles. The number of hydrogen-bond donors (Lipinski definition) is 1. The summed E-state index contributed by atoms with van der Waals surface area (Å²) in [7, 11) is 0. The van der Waals surface area contributed by atoms with Crippen LogP contribution in [-0.4, -0.2) is 24.4 Å². The standard InChI is InChI=1S/C26H22N2O5S/c1-4-31-22-15-17(7-12-21(22)32-26(30)23-6-5-13-34-23)14-20-25(29)33-24(28-20)18-8-10-19(11-9-18)27-16(2)3/h5-15,27H,2,4H2,1,3H3/b20-14+. The second kappa shape index (κ2) is 10.2. The molecule has 1 aromatic heterocycles. The Kier molecular flexibility index (Phi) is 6.89. The van der Waals surface area contributed by atoms with Crippen LogP contribution < -0.4 is 14.8 Å². The van der Waals surface area contributed by atoms with Crippen LogP contribution in [0.2, 0.25) is 0 Å². The second-order valence-electron chi connectivity index (χ2n) is 7.32. The van der Waals surface area contributed by atoms with Crippen molar-refractivity contribution in [2.45, 2.75) is 13.8 Å². The number of nitrogens with one attached hydrogen (secondary N) is 1. The molecule has 34 heavy (non-hydrogen) atoms. The van der Waals surface area contributed by atoms with Crippen molar-refractivity contribution in [1.29, 1.82) is 0 Å². The van der Waals surface area contributed by atoms with E-state index >= 15 is 0 Å². The van der Waals surface area contributed by atoms with E-state index in [4.69, 9.17) is 14.2 Å². The molecule has 0 bridgehead atoms. The third-order valence-electron chi connectivity index (χ3n) is 4.61. The highest BCUT2D eigenvalue weighted by Crippen LogP contribution is 2.31. The first-order valence-corrected chi connectivity index (χ1v) is 11.4. The third-order valence-corrected chi connectivity index (χ3v) is 5.46. The highest BCUT2D eigenvalue weighted by Gasteiger charge is 2.24. The number of thiophene rings is 1. The van der Waals surface area contributed by atoms with Crippen LogP contribution in [0.3, 0.4) is 0 Å². The predicted molar refractivity (Wildman–Crippen MR) is 132 cm³/mol. The average molecular weight is 475 g/mol. The monoisotopic (exact) mass is 474 g/mol. The summed E-state index contributed by atoms with van der Waals surface area (Å²) in [5.74, 6) is -0.0999. The number of carbonyl (C=O) groups excluding carboxylic acids is 2. The van der Waals surface area contributed by atoms with E-state index in [0.29, 0.717) is 34.1 Å². The number of nitrogens with zero attached hydrogens (tertiary/aromatic N) is 1. The second-order valence-corrected chi connectivity index (χ2v) is 8.27. The minimum atomic E-state index is -0.551. The maximum Gasteiger partial charge on any atom is 0.363 e. The maximum atomic E-state index is 12.4. The molecule has 4 rings (SSSR count). The predicted octanol–water partition coefficient (Wildman–Crippen LogP) is 5.66. The van der Waals surface area contributed by atoms with E-state index in [2.05, 4.69) is 16.9 Å². The number of ether oxygens (including phenoxy) is 3. The van der Waals surface area contributed by atoms with Crippen LogP contribution in [0.1, 0.15) is 34.6 Å². The Bertz CT molecular complexity index is 1290. The zero-order chi connectivity index (χ0) is 24.1. The van der Waals surface area contributed by atoms with Crippen molar-refractivity contribution >= 4 is 40.9 Å². The van der Waals surface area contributed by atoms with Crippen molar-refractivity contribution < 1.29 is 23.8 Å². The van der Waals surface area contributed by atoms with Gasteiger partial charge in [0.25, 0.3) is 0 Å². The van der Waals surface area contributed by atoms with E-state index in [1.54, 1.807) is 41.8 Å². The van der Waals surface area contributed by atoms with Gasteiger partial charge in [-0.05, 0) is 73.3 Å². The summed E-state index contributed by atoms with van der Waals surface area (Å²) in [5.41, 5.74) is 3.18. The molecular formula is C26H22N2O5S. The lowest BCUT2D eigenvalue weighted by Crippen LogP contribution is -2.08. The Hall–Kier alpha value is -4.17. The Morgan fingerprint density at radius 2 is 1.97 bits per heavy atom. The smallest absolute Gasteiger partial charge is 0.363 e. The molecule has 0 aliphatic carbocycles. The van der Waals surface area contributed by atoms with Gasteiger partial charge < -0.3 is 19.5 Å². The van der Waals surface area contributed by atoms with E-state index in [1.165, 1.54) is 11.3 Å². The Balaban J connectivity index is 1.55. The fourth-order valence-corrected chi connectivity index (χ4v) is 3.74. The summed E-state index contributed by atoms with van der Waals surface area (Å²) in [6, 6.07) is 15.8. The molecule has 7 nitrogen and oxygen atoms in total. The van der Waals surface area contributed by atoms with Crippen molar-refractivity contribution in [3.8, 4) is 11.5 Å². The molecular weight excluding hydrogens is 452 g/mol. The summed E-state index contributed by atoms with van der Waals surface area (Å²) < 4.78 is 16.5. The molecule has 0 atom stereocenters. The lowest BCUT2D eigenvalue weighted by molar-refractivity contribution is -0.129. The fraction of sp³-hybridized carbons (Fsp3) is 0.115. The summed E-state index contributed by atoms with van der Waals surface area (Å²) in [6.45, 7) is 7.89. The summed E-state index contributed by atoms with van der Waals surface area (Å²) in [5, 5.41) is 4.92. The van der Waals surface area contributed by atoms with Crippen LogP contribution in [-0.2, 0) is 9.53 Å². The largest absolute Gasteiger partial charge is 0.490 e. The van der Waals surface area contributed by atoms with Crippen molar-refractivity contribution in [3.63, 3.8) is 0 Å². The van der Waals surface area contributed by atoms with Gasteiger partial charge in [0.05, 0.1) is 6.61 Å². The first kappa shape index (κ1) is 23.0. The van der Waals surface area contributed by atoms with Crippen LogP contribution in [0.25, 0.3) is 6.08 Å². The molecule has 1 aliphatic heterocycles. The summed E-state index contributed by atoms with van der Waals surface area (Å²) in [4.78, 5) is 29.6. The van der Waals surface area contributed by atoms with Crippen molar-refractivity contribution in [1.82, 2.24) is 0 Å². The molecule has 0 saturated heterocycles. The Morgan fingerprint density at radius 1 is 1.18 bits per heavy atom. The summed E-state index contributed by atoms with van der Waals surface area (Å²) in [6.07, 6.45) is 1.60. The lowest BCUT2D eigenvalue weighted by atomic mass is 10.1. The molecule has 172 valence electrons. The van der Waals surface area contributed by atoms with E-state index < -0.39 is 11.9 Å². The summed E-state index contributed by atoms with van der Waals surface area (Å²) >= 11 is 1.30.